The highest BCUT2D eigenvalue weighted by molar-refractivity contribution is 7.99. The normalized spacial score (nSPS) is 15.5. The zero-order chi connectivity index (χ0) is 24.1. The fourth-order valence-corrected chi connectivity index (χ4v) is 5.44. The van der Waals surface area contributed by atoms with Crippen molar-refractivity contribution in [3.05, 3.63) is 0 Å². The number of aliphatic carboxylic acids is 1. The number of carboxylic acids is 1. The number of hydrogen-bond acceptors (Lipinski definition) is 5. The van der Waals surface area contributed by atoms with Gasteiger partial charge in [0.15, 0.2) is 0 Å². The quantitative estimate of drug-likeness (QED) is 0.0827. The molecule has 3 unspecified atom stereocenters. The van der Waals surface area contributed by atoms with Gasteiger partial charge in [-0.2, -0.15) is 11.8 Å². The highest BCUT2D eigenvalue weighted by Gasteiger charge is 2.45. The third-order valence-corrected chi connectivity index (χ3v) is 7.92. The second-order valence-corrected chi connectivity index (χ2v) is 10.9. The summed E-state index contributed by atoms with van der Waals surface area (Å²) in [4.78, 5) is 11.8. The minimum Gasteiger partial charge on any atom is -0.477 e. The van der Waals surface area contributed by atoms with Crippen LogP contribution in [-0.2, 0) is 18.8 Å². The maximum Gasteiger partial charge on any atom is 0.377 e. The second kappa shape index (κ2) is 21.4. The van der Waals surface area contributed by atoms with Crippen LogP contribution < -0.4 is 0 Å². The Kier molecular flexibility index (Phi) is 21.3. The van der Waals surface area contributed by atoms with E-state index >= 15 is 0 Å². The van der Waals surface area contributed by atoms with Crippen molar-refractivity contribution in [2.45, 2.75) is 141 Å². The van der Waals surface area contributed by atoms with E-state index in [9.17, 15) is 14.5 Å². The zero-order valence-electron chi connectivity index (χ0n) is 21.1. The van der Waals surface area contributed by atoms with Crippen LogP contribution in [0.25, 0.3) is 0 Å². The predicted octanol–water partition coefficient (Wildman–Crippen LogP) is 8.45. The summed E-state index contributed by atoms with van der Waals surface area (Å²) >= 11 is 1.87. The molecule has 0 aromatic heterocycles. The minimum absolute atomic E-state index is 0.173. The lowest BCUT2D eigenvalue weighted by atomic mass is 10.1. The van der Waals surface area contributed by atoms with E-state index in [0.717, 1.165) is 18.6 Å². The van der Waals surface area contributed by atoms with E-state index in [1.807, 2.05) is 25.6 Å². The smallest absolute Gasteiger partial charge is 0.377 e. The Morgan fingerprint density at radius 2 is 1.41 bits per heavy atom. The van der Waals surface area contributed by atoms with Crippen LogP contribution in [0.1, 0.15) is 124 Å². The van der Waals surface area contributed by atoms with Gasteiger partial charge in [-0.15, -0.1) is 0 Å². The van der Waals surface area contributed by atoms with Gasteiger partial charge < -0.3 is 14.6 Å². The summed E-state index contributed by atoms with van der Waals surface area (Å²) in [5.41, 5.74) is -2.10. The molecule has 0 spiro atoms. The molecule has 0 saturated heterocycles. The van der Waals surface area contributed by atoms with Crippen LogP contribution in [0.5, 0.6) is 0 Å². The Hall–Kier alpha value is -0.160. The minimum atomic E-state index is -2.10. The van der Waals surface area contributed by atoms with E-state index in [1.165, 1.54) is 77.0 Å². The van der Waals surface area contributed by atoms with Crippen molar-refractivity contribution in [2.75, 3.05) is 12.4 Å². The van der Waals surface area contributed by atoms with Gasteiger partial charge in [0, 0.05) is 5.25 Å². The molecule has 0 aromatic rings. The van der Waals surface area contributed by atoms with Gasteiger partial charge in [-0.1, -0.05) is 97.8 Å². The molecule has 190 valence electrons. The van der Waals surface area contributed by atoms with Crippen molar-refractivity contribution in [3.63, 3.8) is 0 Å². The molecule has 0 aliphatic rings. The number of carboxylic acid groups (broad SMARTS) is 1. The first-order valence-electron chi connectivity index (χ1n) is 13.0. The molecule has 0 fully saturated rings. The summed E-state index contributed by atoms with van der Waals surface area (Å²) in [7, 11) is -0.660. The SMILES string of the molecule is CCCCCCCCCCCSC(CCCCCC)C(C)OC(OCCC)(P=O)C(=O)O. The third-order valence-electron chi connectivity index (χ3n) is 5.68. The molecule has 1 N–H and O–H groups in total. The van der Waals surface area contributed by atoms with Gasteiger partial charge in [-0.05, 0) is 31.9 Å². The van der Waals surface area contributed by atoms with Crippen LogP contribution in [0, 0.1) is 0 Å². The molecule has 0 rings (SSSR count). The summed E-state index contributed by atoms with van der Waals surface area (Å²) in [5.74, 6) is -0.282. The Balaban J connectivity index is 4.60. The Morgan fingerprint density at radius 3 is 1.91 bits per heavy atom. The van der Waals surface area contributed by atoms with E-state index in [-0.39, 0.29) is 18.0 Å². The summed E-state index contributed by atoms with van der Waals surface area (Å²) < 4.78 is 23.0. The zero-order valence-corrected chi connectivity index (χ0v) is 22.8. The number of hydrogen-bond donors (Lipinski definition) is 1. The van der Waals surface area contributed by atoms with Gasteiger partial charge in [0.05, 0.1) is 12.7 Å². The molecule has 0 saturated carbocycles. The number of unbranched alkanes of at least 4 members (excludes halogenated alkanes) is 11. The van der Waals surface area contributed by atoms with Crippen molar-refractivity contribution in [2.24, 2.45) is 0 Å². The first kappa shape index (κ1) is 31.8. The van der Waals surface area contributed by atoms with E-state index in [1.54, 1.807) is 0 Å². The molecule has 3 atom stereocenters. The lowest BCUT2D eigenvalue weighted by molar-refractivity contribution is -0.217. The van der Waals surface area contributed by atoms with Crippen molar-refractivity contribution in [1.29, 1.82) is 0 Å². The molecule has 0 aliphatic heterocycles. The van der Waals surface area contributed by atoms with Gasteiger partial charge in [0.25, 0.3) is 0 Å². The molecule has 32 heavy (non-hydrogen) atoms. The van der Waals surface area contributed by atoms with Crippen molar-refractivity contribution in [3.8, 4) is 0 Å². The molecular weight excluding hydrogens is 443 g/mol. The Morgan fingerprint density at radius 1 is 0.875 bits per heavy atom. The molecule has 0 aliphatic carbocycles. The fourth-order valence-electron chi connectivity index (χ4n) is 3.67. The maximum atomic E-state index is 11.8. The lowest BCUT2D eigenvalue weighted by Crippen LogP contribution is -2.44. The molecule has 0 bridgehead atoms. The van der Waals surface area contributed by atoms with Crippen LogP contribution in [0.15, 0.2) is 0 Å². The second-order valence-electron chi connectivity index (χ2n) is 8.74. The lowest BCUT2D eigenvalue weighted by Gasteiger charge is -2.31. The average Bonchev–Trinajstić information content (AvgIpc) is 2.78. The highest BCUT2D eigenvalue weighted by atomic mass is 32.2. The van der Waals surface area contributed by atoms with Crippen molar-refractivity contribution >= 4 is 26.2 Å². The van der Waals surface area contributed by atoms with E-state index in [0.29, 0.717) is 6.42 Å². The van der Waals surface area contributed by atoms with Crippen LogP contribution >= 0.6 is 20.2 Å². The maximum absolute atomic E-state index is 11.8. The predicted molar refractivity (Wildman–Crippen MR) is 137 cm³/mol. The van der Waals surface area contributed by atoms with Gasteiger partial charge in [0.1, 0.15) is 0 Å². The topological polar surface area (TPSA) is 72.8 Å². The van der Waals surface area contributed by atoms with Crippen LogP contribution in [0.4, 0.5) is 0 Å². The summed E-state index contributed by atoms with van der Waals surface area (Å²) in [6.07, 6.45) is 17.7. The van der Waals surface area contributed by atoms with Crippen molar-refractivity contribution < 1.29 is 23.9 Å². The number of thioether (sulfide) groups is 1. The van der Waals surface area contributed by atoms with Crippen LogP contribution in [-0.4, -0.2) is 40.3 Å². The summed E-state index contributed by atoms with van der Waals surface area (Å²) in [6, 6.07) is 0. The van der Waals surface area contributed by atoms with Gasteiger partial charge >= 0.3 is 11.5 Å². The van der Waals surface area contributed by atoms with Crippen molar-refractivity contribution in [1.82, 2.24) is 0 Å². The van der Waals surface area contributed by atoms with Crippen LogP contribution in [0.2, 0.25) is 0 Å². The average molecular weight is 493 g/mol. The van der Waals surface area contributed by atoms with E-state index < -0.39 is 20.0 Å². The molecule has 0 radical (unpaired) electrons. The third kappa shape index (κ3) is 14.9. The first-order chi connectivity index (χ1) is 15.5. The number of carbonyl (C=O) groups is 1. The highest BCUT2D eigenvalue weighted by Crippen LogP contribution is 2.33. The Bertz CT molecular complexity index is 466. The first-order valence-corrected chi connectivity index (χ1v) is 14.8. The fraction of sp³-hybridized carbons (Fsp3) is 0.960. The number of rotatable bonds is 24. The van der Waals surface area contributed by atoms with Gasteiger partial charge in [-0.25, -0.2) is 4.79 Å². The largest absolute Gasteiger partial charge is 0.477 e. The molecule has 0 heterocycles. The Labute approximate surface area is 203 Å². The monoisotopic (exact) mass is 492 g/mol. The molecule has 0 aromatic carbocycles. The molecule has 0 amide bonds. The summed E-state index contributed by atoms with van der Waals surface area (Å²) in [6.45, 7) is 8.42. The molecular formula is C25H49O5PS. The van der Waals surface area contributed by atoms with Gasteiger partial charge in [0.2, 0.25) is 8.46 Å². The molecule has 5 nitrogen and oxygen atoms in total. The van der Waals surface area contributed by atoms with E-state index in [2.05, 4.69) is 13.8 Å². The van der Waals surface area contributed by atoms with Gasteiger partial charge in [-0.3, -0.25) is 4.57 Å². The standard InChI is InChI=1S/C25H49O5PS/c1-5-8-10-12-13-14-15-16-18-21-32-23(19-17-11-9-6-2)22(4)30-25(31-28,24(26)27)29-20-7-3/h22-23H,5-21H2,1-4H3,(H,26,27). The number of ether oxygens (including phenoxy) is 2. The summed E-state index contributed by atoms with van der Waals surface area (Å²) in [5, 5.41) is 9.80. The van der Waals surface area contributed by atoms with Crippen LogP contribution in [0.3, 0.4) is 0 Å². The molecule has 7 heteroatoms. The van der Waals surface area contributed by atoms with E-state index in [4.69, 9.17) is 9.47 Å².